The molecule has 0 atom stereocenters. The number of nitrogens with zero attached hydrogens (tertiary/aromatic N) is 1. The standard InChI is InChI=1S/C12H16BrN3O/c13-10-2-1-5-15-11(10)12(17)16-8-9-3-6-14-7-4-9/h1-2,5,9,14H,3-4,6-8H2,(H,16,17). The van der Waals surface area contributed by atoms with Gasteiger partial charge in [-0.3, -0.25) is 4.79 Å². The van der Waals surface area contributed by atoms with Gasteiger partial charge in [0.25, 0.3) is 5.91 Å². The van der Waals surface area contributed by atoms with E-state index in [1.807, 2.05) is 6.07 Å². The highest BCUT2D eigenvalue weighted by molar-refractivity contribution is 9.10. The number of aromatic nitrogens is 1. The number of amides is 1. The van der Waals surface area contributed by atoms with E-state index in [1.165, 1.54) is 0 Å². The average Bonchev–Trinajstić information content (AvgIpc) is 2.38. The summed E-state index contributed by atoms with van der Waals surface area (Å²) in [4.78, 5) is 16.0. The van der Waals surface area contributed by atoms with Gasteiger partial charge in [0.15, 0.2) is 0 Å². The highest BCUT2D eigenvalue weighted by Gasteiger charge is 2.16. The number of rotatable bonds is 3. The molecule has 5 heteroatoms. The van der Waals surface area contributed by atoms with E-state index in [0.29, 0.717) is 11.6 Å². The molecule has 2 rings (SSSR count). The lowest BCUT2D eigenvalue weighted by molar-refractivity contribution is 0.0938. The van der Waals surface area contributed by atoms with Gasteiger partial charge >= 0.3 is 0 Å². The van der Waals surface area contributed by atoms with Crippen molar-refractivity contribution in [1.29, 1.82) is 0 Å². The maximum Gasteiger partial charge on any atom is 0.271 e. The second-order valence-corrected chi connectivity index (χ2v) is 5.09. The van der Waals surface area contributed by atoms with Crippen molar-refractivity contribution in [2.45, 2.75) is 12.8 Å². The van der Waals surface area contributed by atoms with Crippen LogP contribution in [0.2, 0.25) is 0 Å². The largest absolute Gasteiger partial charge is 0.350 e. The third kappa shape index (κ3) is 3.51. The number of carbonyl (C=O) groups excluding carboxylic acids is 1. The Hall–Kier alpha value is -0.940. The predicted molar refractivity (Wildman–Crippen MR) is 69.9 cm³/mol. The zero-order valence-electron chi connectivity index (χ0n) is 9.58. The summed E-state index contributed by atoms with van der Waals surface area (Å²) in [5.41, 5.74) is 0.460. The molecule has 0 bridgehead atoms. The van der Waals surface area contributed by atoms with Crippen LogP contribution in [-0.4, -0.2) is 30.5 Å². The van der Waals surface area contributed by atoms with Gasteiger partial charge in [0, 0.05) is 17.2 Å². The molecular weight excluding hydrogens is 282 g/mol. The fourth-order valence-electron chi connectivity index (χ4n) is 1.96. The van der Waals surface area contributed by atoms with Crippen LogP contribution < -0.4 is 10.6 Å². The van der Waals surface area contributed by atoms with Gasteiger partial charge < -0.3 is 10.6 Å². The first-order valence-corrected chi connectivity index (χ1v) is 6.66. The molecule has 17 heavy (non-hydrogen) atoms. The summed E-state index contributed by atoms with van der Waals surface area (Å²) in [7, 11) is 0. The van der Waals surface area contributed by atoms with Crippen LogP contribution in [0.1, 0.15) is 23.3 Å². The molecule has 1 saturated heterocycles. The maximum absolute atomic E-state index is 11.9. The van der Waals surface area contributed by atoms with Crippen molar-refractivity contribution in [1.82, 2.24) is 15.6 Å². The molecule has 0 aliphatic carbocycles. The molecule has 0 unspecified atom stereocenters. The van der Waals surface area contributed by atoms with Gasteiger partial charge in [-0.05, 0) is 59.9 Å². The zero-order chi connectivity index (χ0) is 12.1. The fourth-order valence-corrected chi connectivity index (χ4v) is 2.39. The van der Waals surface area contributed by atoms with Crippen LogP contribution in [0.5, 0.6) is 0 Å². The van der Waals surface area contributed by atoms with E-state index in [-0.39, 0.29) is 5.91 Å². The molecule has 2 N–H and O–H groups in total. The summed E-state index contributed by atoms with van der Waals surface area (Å²) in [5, 5.41) is 6.26. The van der Waals surface area contributed by atoms with E-state index in [9.17, 15) is 4.79 Å². The Morgan fingerprint density at radius 3 is 3.00 bits per heavy atom. The summed E-state index contributed by atoms with van der Waals surface area (Å²) in [6.07, 6.45) is 3.89. The number of piperidine rings is 1. The number of pyridine rings is 1. The average molecular weight is 298 g/mol. The van der Waals surface area contributed by atoms with Crippen LogP contribution >= 0.6 is 15.9 Å². The molecule has 1 amide bonds. The molecule has 1 aromatic rings. The molecule has 0 aromatic carbocycles. The van der Waals surface area contributed by atoms with Crippen molar-refractivity contribution in [2.24, 2.45) is 5.92 Å². The normalized spacial score (nSPS) is 16.8. The number of nitrogens with one attached hydrogen (secondary N) is 2. The molecule has 1 aromatic heterocycles. The van der Waals surface area contributed by atoms with Gasteiger partial charge in [-0.1, -0.05) is 0 Å². The van der Waals surface area contributed by atoms with Crippen molar-refractivity contribution >= 4 is 21.8 Å². The Kier molecular flexibility index (Phi) is 4.50. The van der Waals surface area contributed by atoms with Crippen molar-refractivity contribution in [3.8, 4) is 0 Å². The number of halogens is 1. The van der Waals surface area contributed by atoms with E-state index in [1.54, 1.807) is 12.3 Å². The quantitative estimate of drug-likeness (QED) is 0.890. The summed E-state index contributed by atoms with van der Waals surface area (Å²) in [5.74, 6) is 0.485. The lowest BCUT2D eigenvalue weighted by Gasteiger charge is -2.22. The van der Waals surface area contributed by atoms with Gasteiger partial charge in [-0.15, -0.1) is 0 Å². The lowest BCUT2D eigenvalue weighted by atomic mass is 9.98. The Morgan fingerprint density at radius 2 is 2.29 bits per heavy atom. The first kappa shape index (κ1) is 12.5. The van der Waals surface area contributed by atoms with Crippen LogP contribution in [0, 0.1) is 5.92 Å². The molecule has 0 radical (unpaired) electrons. The molecular formula is C12H16BrN3O. The molecule has 92 valence electrons. The van der Waals surface area contributed by atoms with E-state index in [2.05, 4.69) is 31.5 Å². The second-order valence-electron chi connectivity index (χ2n) is 4.24. The van der Waals surface area contributed by atoms with E-state index in [0.717, 1.165) is 36.9 Å². The third-order valence-corrected chi connectivity index (χ3v) is 3.62. The minimum atomic E-state index is -0.101. The van der Waals surface area contributed by atoms with Crippen LogP contribution in [0.3, 0.4) is 0 Å². The Balaban J connectivity index is 1.87. The van der Waals surface area contributed by atoms with E-state index >= 15 is 0 Å². The monoisotopic (exact) mass is 297 g/mol. The molecule has 1 fully saturated rings. The molecule has 0 saturated carbocycles. The van der Waals surface area contributed by atoms with Crippen molar-refractivity contribution in [3.63, 3.8) is 0 Å². The molecule has 1 aliphatic rings. The maximum atomic E-state index is 11.9. The summed E-state index contributed by atoms with van der Waals surface area (Å²) >= 11 is 3.33. The van der Waals surface area contributed by atoms with E-state index in [4.69, 9.17) is 0 Å². The van der Waals surface area contributed by atoms with Gasteiger partial charge in [-0.25, -0.2) is 4.98 Å². The Bertz CT molecular complexity index is 391. The van der Waals surface area contributed by atoms with Crippen molar-refractivity contribution in [3.05, 3.63) is 28.5 Å². The number of hydrogen-bond acceptors (Lipinski definition) is 3. The third-order valence-electron chi connectivity index (χ3n) is 2.98. The molecule has 2 heterocycles. The van der Waals surface area contributed by atoms with Gasteiger partial charge in [0.05, 0.1) is 0 Å². The van der Waals surface area contributed by atoms with Gasteiger partial charge in [0.1, 0.15) is 5.69 Å². The van der Waals surface area contributed by atoms with Crippen LogP contribution in [0.15, 0.2) is 22.8 Å². The van der Waals surface area contributed by atoms with Crippen molar-refractivity contribution in [2.75, 3.05) is 19.6 Å². The smallest absolute Gasteiger partial charge is 0.271 e. The van der Waals surface area contributed by atoms with Crippen molar-refractivity contribution < 1.29 is 4.79 Å². The summed E-state index contributed by atoms with van der Waals surface area (Å²) in [6, 6.07) is 3.63. The number of hydrogen-bond donors (Lipinski definition) is 2. The first-order chi connectivity index (χ1) is 8.27. The minimum Gasteiger partial charge on any atom is -0.350 e. The van der Waals surface area contributed by atoms with Crippen LogP contribution in [0.25, 0.3) is 0 Å². The Labute approximate surface area is 109 Å². The summed E-state index contributed by atoms with van der Waals surface area (Å²) < 4.78 is 0.739. The van der Waals surface area contributed by atoms with E-state index < -0.39 is 0 Å². The zero-order valence-corrected chi connectivity index (χ0v) is 11.2. The van der Waals surface area contributed by atoms with Crippen LogP contribution in [-0.2, 0) is 0 Å². The molecule has 1 aliphatic heterocycles. The number of carbonyl (C=O) groups is 1. The molecule has 4 nitrogen and oxygen atoms in total. The lowest BCUT2D eigenvalue weighted by Crippen LogP contribution is -2.36. The fraction of sp³-hybridized carbons (Fsp3) is 0.500. The minimum absolute atomic E-state index is 0.101. The van der Waals surface area contributed by atoms with Gasteiger partial charge in [-0.2, -0.15) is 0 Å². The highest BCUT2D eigenvalue weighted by Crippen LogP contribution is 2.14. The second kappa shape index (κ2) is 6.12. The molecule has 0 spiro atoms. The van der Waals surface area contributed by atoms with Gasteiger partial charge in [0.2, 0.25) is 0 Å². The first-order valence-electron chi connectivity index (χ1n) is 5.87. The Morgan fingerprint density at radius 1 is 1.53 bits per heavy atom. The SMILES string of the molecule is O=C(NCC1CCNCC1)c1ncccc1Br. The highest BCUT2D eigenvalue weighted by atomic mass is 79.9. The summed E-state index contributed by atoms with van der Waals surface area (Å²) in [6.45, 7) is 2.84. The van der Waals surface area contributed by atoms with Crippen LogP contribution in [0.4, 0.5) is 0 Å². The predicted octanol–water partition coefficient (Wildman–Crippen LogP) is 1.57. The topological polar surface area (TPSA) is 54.0 Å².